The standard InChI is InChI=1S/C29H25F3N4O6/c1-18-2-9-25-19(14-18)15-26(42-25)28(38)35-12-10-34(11-13-35)27(37)17-41-22-6-3-20(4-7-22)33-21-5-8-24(36(39)40)23(16-21)29(30,31)32/h2-9,14-16,33H,10-13,17H2,1H3. The molecule has 1 aromatic heterocycles. The third-order valence-electron chi connectivity index (χ3n) is 6.81. The maximum absolute atomic E-state index is 13.2. The highest BCUT2D eigenvalue weighted by Gasteiger charge is 2.38. The average Bonchev–Trinajstić information content (AvgIpc) is 3.39. The molecule has 4 aromatic rings. The van der Waals surface area contributed by atoms with Crippen molar-refractivity contribution in [3.63, 3.8) is 0 Å². The second-order valence-electron chi connectivity index (χ2n) is 9.75. The molecule has 1 saturated heterocycles. The predicted octanol–water partition coefficient (Wildman–Crippen LogP) is 5.78. The SMILES string of the molecule is Cc1ccc2oc(C(=O)N3CCN(C(=O)COc4ccc(Nc5ccc([N+](=O)[O-])c(C(F)(F)F)c5)cc4)CC3)cc2c1. The van der Waals surface area contributed by atoms with Crippen LogP contribution in [0.1, 0.15) is 21.7 Å². The number of nitrogens with zero attached hydrogens (tertiary/aromatic N) is 3. The molecule has 3 aromatic carbocycles. The lowest BCUT2D eigenvalue weighted by atomic mass is 10.1. The molecule has 1 aliphatic heterocycles. The number of nitrogens with one attached hydrogen (secondary N) is 1. The largest absolute Gasteiger partial charge is 0.484 e. The molecule has 5 rings (SSSR count). The van der Waals surface area contributed by atoms with Crippen molar-refractivity contribution in [2.75, 3.05) is 38.1 Å². The number of ether oxygens (including phenoxy) is 1. The zero-order valence-electron chi connectivity index (χ0n) is 22.3. The molecule has 0 aliphatic carbocycles. The highest BCUT2D eigenvalue weighted by Crippen LogP contribution is 2.38. The lowest BCUT2D eigenvalue weighted by molar-refractivity contribution is -0.388. The van der Waals surface area contributed by atoms with Gasteiger partial charge in [0.2, 0.25) is 0 Å². The van der Waals surface area contributed by atoms with Crippen LogP contribution in [0.2, 0.25) is 0 Å². The first-order chi connectivity index (χ1) is 20.0. The number of amides is 2. The molecule has 0 spiro atoms. The molecule has 218 valence electrons. The number of aryl methyl sites for hydroxylation is 1. The Kier molecular flexibility index (Phi) is 7.74. The van der Waals surface area contributed by atoms with Gasteiger partial charge in [0.1, 0.15) is 16.9 Å². The molecule has 1 fully saturated rings. The number of carbonyl (C=O) groups is 2. The van der Waals surface area contributed by atoms with E-state index in [1.165, 1.54) is 30.3 Å². The van der Waals surface area contributed by atoms with E-state index < -0.39 is 22.4 Å². The molecule has 0 saturated carbocycles. The van der Waals surface area contributed by atoms with Crippen LogP contribution in [0.25, 0.3) is 11.0 Å². The van der Waals surface area contributed by atoms with Crippen molar-refractivity contribution in [1.29, 1.82) is 0 Å². The normalized spacial score (nSPS) is 13.7. The zero-order valence-corrected chi connectivity index (χ0v) is 22.3. The van der Waals surface area contributed by atoms with E-state index >= 15 is 0 Å². The van der Waals surface area contributed by atoms with E-state index in [1.54, 1.807) is 15.9 Å². The van der Waals surface area contributed by atoms with Crippen molar-refractivity contribution in [3.05, 3.63) is 93.7 Å². The average molecular weight is 583 g/mol. The molecule has 1 aliphatic rings. The van der Waals surface area contributed by atoms with Crippen molar-refractivity contribution < 1.29 is 36.8 Å². The first kappa shape index (κ1) is 28.5. The molecule has 0 radical (unpaired) electrons. The summed E-state index contributed by atoms with van der Waals surface area (Å²) in [5.74, 6) is 0.131. The minimum atomic E-state index is -4.89. The lowest BCUT2D eigenvalue weighted by Crippen LogP contribution is -2.51. The highest BCUT2D eigenvalue weighted by molar-refractivity contribution is 5.96. The molecular formula is C29H25F3N4O6. The molecule has 0 unspecified atom stereocenters. The molecule has 10 nitrogen and oxygen atoms in total. The molecule has 0 atom stereocenters. The van der Waals surface area contributed by atoms with Gasteiger partial charge >= 0.3 is 6.18 Å². The van der Waals surface area contributed by atoms with Gasteiger partial charge in [0.25, 0.3) is 17.5 Å². The summed E-state index contributed by atoms with van der Waals surface area (Å²) >= 11 is 0. The maximum Gasteiger partial charge on any atom is 0.423 e. The summed E-state index contributed by atoms with van der Waals surface area (Å²) in [5.41, 5.74) is -0.252. The van der Waals surface area contributed by atoms with Crippen LogP contribution in [-0.4, -0.2) is 59.3 Å². The number of fused-ring (bicyclic) bond motifs is 1. The Labute approximate surface area is 237 Å². The second-order valence-corrected chi connectivity index (χ2v) is 9.75. The fourth-order valence-electron chi connectivity index (χ4n) is 4.62. The van der Waals surface area contributed by atoms with Crippen molar-refractivity contribution in [2.45, 2.75) is 13.1 Å². The van der Waals surface area contributed by atoms with Crippen LogP contribution in [0, 0.1) is 17.0 Å². The number of benzene rings is 3. The first-order valence-electron chi connectivity index (χ1n) is 12.9. The van der Waals surface area contributed by atoms with Gasteiger partial charge in [0, 0.05) is 49.0 Å². The fraction of sp³-hybridized carbons (Fsp3) is 0.241. The number of furan rings is 1. The number of halogens is 3. The fourth-order valence-corrected chi connectivity index (χ4v) is 4.62. The van der Waals surface area contributed by atoms with Crippen molar-refractivity contribution in [1.82, 2.24) is 9.80 Å². The molecule has 0 bridgehead atoms. The van der Waals surface area contributed by atoms with Crippen LogP contribution in [0.3, 0.4) is 0 Å². The van der Waals surface area contributed by atoms with E-state index in [2.05, 4.69) is 5.32 Å². The van der Waals surface area contributed by atoms with E-state index in [4.69, 9.17) is 9.15 Å². The summed E-state index contributed by atoms with van der Waals surface area (Å²) in [6.45, 7) is 3.10. The monoisotopic (exact) mass is 582 g/mol. The van der Waals surface area contributed by atoms with Crippen LogP contribution in [0.5, 0.6) is 5.75 Å². The van der Waals surface area contributed by atoms with Crippen molar-refractivity contribution >= 4 is 39.8 Å². The Morgan fingerprint density at radius 1 is 0.952 bits per heavy atom. The summed E-state index contributed by atoms with van der Waals surface area (Å²) < 4.78 is 51.0. The van der Waals surface area contributed by atoms with Crippen LogP contribution in [-0.2, 0) is 11.0 Å². The summed E-state index contributed by atoms with van der Waals surface area (Å²) in [6.07, 6.45) is -4.89. The summed E-state index contributed by atoms with van der Waals surface area (Å²) in [6, 6.07) is 16.2. The van der Waals surface area contributed by atoms with E-state index in [1.807, 2.05) is 25.1 Å². The Hall–Kier alpha value is -5.07. The van der Waals surface area contributed by atoms with Gasteiger partial charge < -0.3 is 24.3 Å². The number of nitro benzene ring substituents is 1. The summed E-state index contributed by atoms with van der Waals surface area (Å²) in [7, 11) is 0. The number of hydrogen-bond acceptors (Lipinski definition) is 7. The number of anilines is 2. The van der Waals surface area contributed by atoms with Gasteiger partial charge in [-0.25, -0.2) is 0 Å². The number of hydrogen-bond donors (Lipinski definition) is 1. The Morgan fingerprint density at radius 2 is 1.62 bits per heavy atom. The van der Waals surface area contributed by atoms with Gasteiger partial charge in [-0.15, -0.1) is 0 Å². The van der Waals surface area contributed by atoms with Gasteiger partial charge in [0.15, 0.2) is 12.4 Å². The summed E-state index contributed by atoms with van der Waals surface area (Å²) in [5, 5.41) is 14.6. The van der Waals surface area contributed by atoms with Crippen LogP contribution < -0.4 is 10.1 Å². The van der Waals surface area contributed by atoms with Gasteiger partial charge in [-0.3, -0.25) is 19.7 Å². The van der Waals surface area contributed by atoms with Gasteiger partial charge in [-0.1, -0.05) is 11.6 Å². The number of rotatable bonds is 7. The Bertz CT molecular complexity index is 1640. The molecule has 2 heterocycles. The third-order valence-corrected chi connectivity index (χ3v) is 6.81. The molecule has 2 amide bonds. The van der Waals surface area contributed by atoms with Crippen molar-refractivity contribution in [3.8, 4) is 5.75 Å². The smallest absolute Gasteiger partial charge is 0.423 e. The number of nitro groups is 1. The number of carbonyl (C=O) groups excluding carboxylic acids is 2. The van der Waals surface area contributed by atoms with E-state index in [9.17, 15) is 32.9 Å². The molecule has 1 N–H and O–H groups in total. The third kappa shape index (κ3) is 6.29. The lowest BCUT2D eigenvalue weighted by Gasteiger charge is -2.34. The molecular weight excluding hydrogens is 557 g/mol. The number of alkyl halides is 3. The van der Waals surface area contributed by atoms with Gasteiger partial charge in [-0.05, 0) is 61.5 Å². The first-order valence-corrected chi connectivity index (χ1v) is 12.9. The van der Waals surface area contributed by atoms with E-state index in [0.29, 0.717) is 49.3 Å². The maximum atomic E-state index is 13.2. The Balaban J connectivity index is 1.11. The van der Waals surface area contributed by atoms with Crippen LogP contribution >= 0.6 is 0 Å². The van der Waals surface area contributed by atoms with Crippen LogP contribution in [0.4, 0.5) is 30.2 Å². The van der Waals surface area contributed by atoms with Gasteiger partial charge in [0.05, 0.1) is 4.92 Å². The van der Waals surface area contributed by atoms with E-state index in [0.717, 1.165) is 17.0 Å². The number of piperazine rings is 1. The van der Waals surface area contributed by atoms with Crippen molar-refractivity contribution in [2.24, 2.45) is 0 Å². The topological polar surface area (TPSA) is 118 Å². The molecule has 42 heavy (non-hydrogen) atoms. The van der Waals surface area contributed by atoms with Crippen LogP contribution in [0.15, 0.2) is 71.1 Å². The second kappa shape index (κ2) is 11.4. The quantitative estimate of drug-likeness (QED) is 0.217. The Morgan fingerprint density at radius 3 is 2.29 bits per heavy atom. The summed E-state index contributed by atoms with van der Waals surface area (Å²) in [4.78, 5) is 38.7. The van der Waals surface area contributed by atoms with Gasteiger partial charge in [-0.2, -0.15) is 13.2 Å². The zero-order chi connectivity index (χ0) is 30.0. The minimum absolute atomic E-state index is 0.0183. The van der Waals surface area contributed by atoms with E-state index in [-0.39, 0.29) is 29.9 Å². The highest BCUT2D eigenvalue weighted by atomic mass is 19.4. The molecule has 13 heteroatoms. The predicted molar refractivity (Wildman–Crippen MR) is 147 cm³/mol. The minimum Gasteiger partial charge on any atom is -0.484 e.